The monoisotopic (exact) mass is 217 g/mol. The third-order valence-electron chi connectivity index (χ3n) is 2.43. The van der Waals surface area contributed by atoms with Crippen molar-refractivity contribution < 1.29 is 8.78 Å². The smallest absolute Gasteiger partial charge is 0.263 e. The van der Waals surface area contributed by atoms with Crippen molar-refractivity contribution in [2.45, 2.75) is 19.4 Å². The molecule has 14 heavy (non-hydrogen) atoms. The first kappa shape index (κ1) is 9.87. The van der Waals surface area contributed by atoms with Gasteiger partial charge < -0.3 is 5.32 Å². The molecular formula is C10H10ClF2N. The number of rotatable bonds is 1. The molecule has 0 spiro atoms. The third-order valence-corrected chi connectivity index (χ3v) is 2.77. The normalized spacial score (nSPS) is 15.7. The molecule has 76 valence electrons. The van der Waals surface area contributed by atoms with Crippen LogP contribution in [0.1, 0.15) is 23.1 Å². The second kappa shape index (κ2) is 3.83. The Hall–Kier alpha value is -0.670. The maximum absolute atomic E-state index is 12.4. The molecule has 2 rings (SSSR count). The molecule has 0 amide bonds. The lowest BCUT2D eigenvalue weighted by Gasteiger charge is -2.19. The van der Waals surface area contributed by atoms with Crippen molar-refractivity contribution in [2.75, 3.05) is 6.54 Å². The summed E-state index contributed by atoms with van der Waals surface area (Å²) >= 11 is 5.93. The summed E-state index contributed by atoms with van der Waals surface area (Å²) in [5.74, 6) is 0. The first-order valence-corrected chi connectivity index (χ1v) is 4.86. The van der Waals surface area contributed by atoms with Gasteiger partial charge in [-0.2, -0.15) is 0 Å². The fourth-order valence-corrected chi connectivity index (χ4v) is 2.06. The van der Waals surface area contributed by atoms with E-state index >= 15 is 0 Å². The fourth-order valence-electron chi connectivity index (χ4n) is 1.72. The van der Waals surface area contributed by atoms with Crippen molar-refractivity contribution in [3.05, 3.63) is 33.8 Å². The second-order valence-electron chi connectivity index (χ2n) is 3.37. The van der Waals surface area contributed by atoms with Crippen LogP contribution in [0.3, 0.4) is 0 Å². The second-order valence-corrected chi connectivity index (χ2v) is 3.78. The lowest BCUT2D eigenvalue weighted by atomic mass is 9.98. The van der Waals surface area contributed by atoms with E-state index in [4.69, 9.17) is 11.6 Å². The summed E-state index contributed by atoms with van der Waals surface area (Å²) in [6, 6.07) is 2.91. The Labute approximate surface area is 86.1 Å². The summed E-state index contributed by atoms with van der Waals surface area (Å²) in [6.07, 6.45) is -1.63. The van der Waals surface area contributed by atoms with Crippen LogP contribution in [0.15, 0.2) is 12.1 Å². The maximum Gasteiger partial charge on any atom is 0.263 e. The van der Waals surface area contributed by atoms with Crippen LogP contribution < -0.4 is 5.32 Å². The molecule has 0 bridgehead atoms. The Balaban J connectivity index is 2.46. The van der Waals surface area contributed by atoms with Gasteiger partial charge in [-0.15, -0.1) is 0 Å². The first-order valence-electron chi connectivity index (χ1n) is 4.48. The highest BCUT2D eigenvalue weighted by Crippen LogP contribution is 2.29. The Morgan fingerprint density at radius 3 is 2.86 bits per heavy atom. The molecule has 0 aromatic heterocycles. The van der Waals surface area contributed by atoms with Gasteiger partial charge in [-0.05, 0) is 36.2 Å². The summed E-state index contributed by atoms with van der Waals surface area (Å²) in [6.45, 7) is 1.50. The van der Waals surface area contributed by atoms with Gasteiger partial charge in [0, 0.05) is 17.1 Å². The molecule has 0 atom stereocenters. The van der Waals surface area contributed by atoms with Crippen molar-refractivity contribution in [3.63, 3.8) is 0 Å². The molecule has 1 aromatic rings. The van der Waals surface area contributed by atoms with Gasteiger partial charge in [-0.25, -0.2) is 8.78 Å². The largest absolute Gasteiger partial charge is 0.312 e. The maximum atomic E-state index is 12.4. The van der Waals surface area contributed by atoms with Crippen LogP contribution in [-0.2, 0) is 13.0 Å². The van der Waals surface area contributed by atoms with Crippen LogP contribution in [0.25, 0.3) is 0 Å². The standard InChI is InChI=1S/C10H10ClF2N/c11-9-4-6(10(12)13)3-7-5-14-2-1-8(7)9/h3-4,10,14H,1-2,5H2. The summed E-state index contributed by atoms with van der Waals surface area (Å²) in [5.41, 5.74) is 1.92. The minimum Gasteiger partial charge on any atom is -0.312 e. The van der Waals surface area contributed by atoms with E-state index in [9.17, 15) is 8.78 Å². The zero-order valence-electron chi connectivity index (χ0n) is 7.49. The predicted octanol–water partition coefficient (Wildman–Crippen LogP) is 2.92. The van der Waals surface area contributed by atoms with Gasteiger partial charge in [-0.3, -0.25) is 0 Å². The van der Waals surface area contributed by atoms with Gasteiger partial charge in [0.25, 0.3) is 6.43 Å². The number of hydrogen-bond donors (Lipinski definition) is 1. The van der Waals surface area contributed by atoms with Crippen molar-refractivity contribution in [2.24, 2.45) is 0 Å². The number of alkyl halides is 2. The number of hydrogen-bond acceptors (Lipinski definition) is 1. The molecule has 1 N–H and O–H groups in total. The highest BCUT2D eigenvalue weighted by Gasteiger charge is 2.16. The molecule has 1 aliphatic rings. The molecular weight excluding hydrogens is 208 g/mol. The molecule has 0 unspecified atom stereocenters. The van der Waals surface area contributed by atoms with E-state index in [0.29, 0.717) is 11.6 Å². The fraction of sp³-hybridized carbons (Fsp3) is 0.400. The van der Waals surface area contributed by atoms with Crippen LogP contribution in [0.5, 0.6) is 0 Å². The van der Waals surface area contributed by atoms with Crippen LogP contribution in [0.4, 0.5) is 8.78 Å². The van der Waals surface area contributed by atoms with E-state index < -0.39 is 6.43 Å². The van der Waals surface area contributed by atoms with Crippen molar-refractivity contribution in [3.8, 4) is 0 Å². The molecule has 0 fully saturated rings. The molecule has 4 heteroatoms. The molecule has 0 saturated heterocycles. The minimum atomic E-state index is -2.44. The molecule has 0 aliphatic carbocycles. The average molecular weight is 218 g/mol. The van der Waals surface area contributed by atoms with Crippen molar-refractivity contribution in [1.82, 2.24) is 5.32 Å². The van der Waals surface area contributed by atoms with E-state index in [-0.39, 0.29) is 5.56 Å². The van der Waals surface area contributed by atoms with Crippen LogP contribution in [-0.4, -0.2) is 6.54 Å². The molecule has 1 aromatic carbocycles. The minimum absolute atomic E-state index is 0.0115. The quantitative estimate of drug-likeness (QED) is 0.763. The van der Waals surface area contributed by atoms with E-state index in [1.807, 2.05) is 0 Å². The summed E-state index contributed by atoms with van der Waals surface area (Å²) < 4.78 is 24.9. The van der Waals surface area contributed by atoms with Gasteiger partial charge in [0.1, 0.15) is 0 Å². The first-order chi connectivity index (χ1) is 6.68. The lowest BCUT2D eigenvalue weighted by molar-refractivity contribution is 0.151. The number of benzene rings is 1. The Kier molecular flexibility index (Phi) is 2.70. The van der Waals surface area contributed by atoms with Gasteiger partial charge >= 0.3 is 0 Å². The number of halogens is 3. The lowest BCUT2D eigenvalue weighted by Crippen LogP contribution is -2.24. The zero-order chi connectivity index (χ0) is 10.1. The van der Waals surface area contributed by atoms with Crippen LogP contribution in [0, 0.1) is 0 Å². The highest BCUT2D eigenvalue weighted by molar-refractivity contribution is 6.31. The van der Waals surface area contributed by atoms with Gasteiger partial charge in [0.05, 0.1) is 0 Å². The molecule has 0 saturated carbocycles. The SMILES string of the molecule is FC(F)c1cc(Cl)c2c(c1)CNCC2. The zero-order valence-corrected chi connectivity index (χ0v) is 8.24. The molecule has 1 nitrogen and oxygen atoms in total. The molecule has 0 radical (unpaired) electrons. The van der Waals surface area contributed by atoms with Gasteiger partial charge in [0.15, 0.2) is 0 Å². The third kappa shape index (κ3) is 1.74. The van der Waals surface area contributed by atoms with Crippen LogP contribution >= 0.6 is 11.6 Å². The van der Waals surface area contributed by atoms with Gasteiger partial charge in [-0.1, -0.05) is 11.6 Å². The van der Waals surface area contributed by atoms with E-state index in [1.54, 1.807) is 0 Å². The van der Waals surface area contributed by atoms with E-state index in [0.717, 1.165) is 24.1 Å². The van der Waals surface area contributed by atoms with Crippen molar-refractivity contribution in [1.29, 1.82) is 0 Å². The summed E-state index contributed by atoms with van der Waals surface area (Å²) in [4.78, 5) is 0. The average Bonchev–Trinajstić information content (AvgIpc) is 2.17. The Morgan fingerprint density at radius 1 is 1.36 bits per heavy atom. The summed E-state index contributed by atoms with van der Waals surface area (Å²) in [5, 5.41) is 3.60. The summed E-state index contributed by atoms with van der Waals surface area (Å²) in [7, 11) is 0. The van der Waals surface area contributed by atoms with Gasteiger partial charge in [0.2, 0.25) is 0 Å². The topological polar surface area (TPSA) is 12.0 Å². The van der Waals surface area contributed by atoms with Crippen molar-refractivity contribution >= 4 is 11.6 Å². The highest BCUT2D eigenvalue weighted by atomic mass is 35.5. The predicted molar refractivity (Wildman–Crippen MR) is 51.8 cm³/mol. The Bertz CT molecular complexity index is 352. The molecule has 1 aliphatic heterocycles. The number of fused-ring (bicyclic) bond motifs is 1. The van der Waals surface area contributed by atoms with Crippen LogP contribution in [0.2, 0.25) is 5.02 Å². The van der Waals surface area contributed by atoms with E-state index in [1.165, 1.54) is 12.1 Å². The molecule has 1 heterocycles. The number of nitrogens with one attached hydrogen (secondary N) is 1. The van der Waals surface area contributed by atoms with E-state index in [2.05, 4.69) is 5.32 Å². The Morgan fingerprint density at radius 2 is 2.14 bits per heavy atom.